The maximum atomic E-state index is 9.30. The predicted molar refractivity (Wildman–Crippen MR) is 51.9 cm³/mol. The lowest BCUT2D eigenvalue weighted by molar-refractivity contribution is 0.366. The van der Waals surface area contributed by atoms with E-state index in [0.717, 1.165) is 0 Å². The second kappa shape index (κ2) is 3.49. The highest BCUT2D eigenvalue weighted by Crippen LogP contribution is 2.37. The Morgan fingerprint density at radius 2 is 1.85 bits per heavy atom. The summed E-state index contributed by atoms with van der Waals surface area (Å²) in [5.74, 6) is -1.30. The van der Waals surface area contributed by atoms with E-state index in [1.807, 2.05) is 0 Å². The zero-order chi connectivity index (χ0) is 10.0. The molecule has 0 aliphatic rings. The van der Waals surface area contributed by atoms with E-state index < -0.39 is 5.75 Å². The van der Waals surface area contributed by atoms with Crippen LogP contribution in [-0.4, -0.2) is 20.3 Å². The van der Waals surface area contributed by atoms with E-state index in [1.54, 1.807) is 0 Å². The minimum absolute atomic E-state index is 0.189. The fourth-order valence-electron chi connectivity index (χ4n) is 0.941. The fourth-order valence-corrected chi connectivity index (χ4v) is 1.10. The topological polar surface area (TPSA) is 86.7 Å². The molecule has 0 aliphatic carbocycles. The molecule has 0 heterocycles. The molecule has 5 heteroatoms. The van der Waals surface area contributed by atoms with Gasteiger partial charge in [-0.1, -0.05) is 18.3 Å². The Kier molecular flexibility index (Phi) is 2.57. The molecule has 0 bridgehead atoms. The quantitative estimate of drug-likeness (QED) is 0.414. The van der Waals surface area contributed by atoms with Crippen molar-refractivity contribution in [1.82, 2.24) is 0 Å². The van der Waals surface area contributed by atoms with Gasteiger partial charge in [0.1, 0.15) is 0 Å². The van der Waals surface area contributed by atoms with Crippen molar-refractivity contribution in [2.24, 2.45) is 5.73 Å². The Hall–Kier alpha value is -1.49. The van der Waals surface area contributed by atoms with Gasteiger partial charge in [0.05, 0.1) is 4.99 Å². The molecule has 70 valence electrons. The van der Waals surface area contributed by atoms with Gasteiger partial charge in [0.25, 0.3) is 0 Å². The van der Waals surface area contributed by atoms with Gasteiger partial charge in [-0.3, -0.25) is 0 Å². The lowest BCUT2D eigenvalue weighted by Gasteiger charge is -2.06. The van der Waals surface area contributed by atoms with Crippen LogP contribution in [0, 0.1) is 0 Å². The van der Waals surface area contributed by atoms with Crippen LogP contribution in [-0.2, 0) is 6.42 Å². The van der Waals surface area contributed by atoms with Crippen LogP contribution in [0.25, 0.3) is 0 Å². The summed E-state index contributed by atoms with van der Waals surface area (Å²) < 4.78 is 0. The van der Waals surface area contributed by atoms with Gasteiger partial charge in [-0.2, -0.15) is 0 Å². The van der Waals surface area contributed by atoms with Crippen LogP contribution in [0.3, 0.4) is 0 Å². The summed E-state index contributed by atoms with van der Waals surface area (Å²) in [4.78, 5) is 0.209. The van der Waals surface area contributed by atoms with Crippen molar-refractivity contribution < 1.29 is 15.3 Å². The highest BCUT2D eigenvalue weighted by molar-refractivity contribution is 7.80. The minimum Gasteiger partial charge on any atom is -0.504 e. The average Bonchev–Trinajstić information content (AvgIpc) is 2.06. The van der Waals surface area contributed by atoms with Gasteiger partial charge in [0.15, 0.2) is 11.5 Å². The highest BCUT2D eigenvalue weighted by atomic mass is 32.1. The molecule has 0 atom stereocenters. The molecule has 0 saturated carbocycles. The van der Waals surface area contributed by atoms with Crippen LogP contribution in [0.15, 0.2) is 12.1 Å². The molecule has 1 aromatic rings. The summed E-state index contributed by atoms with van der Waals surface area (Å²) in [7, 11) is 0. The summed E-state index contributed by atoms with van der Waals surface area (Å²) in [6, 6.07) is 2.71. The second-order valence-corrected chi connectivity index (χ2v) is 3.11. The van der Waals surface area contributed by atoms with Crippen LogP contribution >= 0.6 is 12.2 Å². The maximum absolute atomic E-state index is 9.30. The summed E-state index contributed by atoms with van der Waals surface area (Å²) in [5.41, 5.74) is 5.65. The van der Waals surface area contributed by atoms with Crippen molar-refractivity contribution in [2.45, 2.75) is 6.42 Å². The largest absolute Gasteiger partial charge is 0.504 e. The Labute approximate surface area is 80.2 Å². The third-order valence-electron chi connectivity index (χ3n) is 1.58. The van der Waals surface area contributed by atoms with Gasteiger partial charge in [0.2, 0.25) is 5.75 Å². The van der Waals surface area contributed by atoms with Gasteiger partial charge in [-0.05, 0) is 6.07 Å². The lowest BCUT2D eigenvalue weighted by Crippen LogP contribution is -2.10. The number of phenols is 3. The summed E-state index contributed by atoms with van der Waals surface area (Å²) in [5, 5.41) is 27.4. The smallest absolute Gasteiger partial charge is 0.200 e. The number of hydrogen-bond donors (Lipinski definition) is 4. The van der Waals surface area contributed by atoms with Crippen LogP contribution in [0.2, 0.25) is 0 Å². The Morgan fingerprint density at radius 3 is 2.38 bits per heavy atom. The number of benzene rings is 1. The molecule has 0 aliphatic heterocycles. The normalized spacial score (nSPS) is 9.85. The number of rotatable bonds is 2. The van der Waals surface area contributed by atoms with Gasteiger partial charge in [0, 0.05) is 12.0 Å². The molecular formula is C8H9NO3S. The molecular weight excluding hydrogens is 190 g/mol. The summed E-state index contributed by atoms with van der Waals surface area (Å²) in [6.45, 7) is 0. The third-order valence-corrected chi connectivity index (χ3v) is 1.72. The molecule has 1 rings (SSSR count). The average molecular weight is 199 g/mol. The van der Waals surface area contributed by atoms with E-state index in [9.17, 15) is 5.11 Å². The van der Waals surface area contributed by atoms with Gasteiger partial charge in [-0.15, -0.1) is 0 Å². The Bertz CT molecular complexity index is 351. The molecule has 0 spiro atoms. The number of nitrogens with two attached hydrogens (primary N) is 1. The van der Waals surface area contributed by atoms with Crippen molar-refractivity contribution >= 4 is 17.2 Å². The molecule has 0 fully saturated rings. The van der Waals surface area contributed by atoms with Gasteiger partial charge in [-0.25, -0.2) is 0 Å². The molecule has 0 unspecified atom stereocenters. The van der Waals surface area contributed by atoms with E-state index in [0.29, 0.717) is 5.56 Å². The monoisotopic (exact) mass is 199 g/mol. The first-order valence-corrected chi connectivity index (χ1v) is 3.94. The minimum atomic E-state index is -0.547. The van der Waals surface area contributed by atoms with Crippen molar-refractivity contribution in [1.29, 1.82) is 0 Å². The van der Waals surface area contributed by atoms with Gasteiger partial charge >= 0.3 is 0 Å². The SMILES string of the molecule is NC(=S)Cc1ccc(O)c(O)c1O. The molecule has 1 aromatic carbocycles. The first-order chi connectivity index (χ1) is 6.02. The van der Waals surface area contributed by atoms with Crippen LogP contribution < -0.4 is 5.73 Å². The standard InChI is InChI=1S/C8H9NO3S/c9-6(13)3-4-1-2-5(10)8(12)7(4)11/h1-2,10-12H,3H2,(H2,9,13). The van der Waals surface area contributed by atoms with E-state index >= 15 is 0 Å². The first kappa shape index (κ1) is 9.60. The molecule has 0 amide bonds. The van der Waals surface area contributed by atoms with E-state index in [-0.39, 0.29) is 22.9 Å². The summed E-state index contributed by atoms with van der Waals surface area (Å²) in [6.07, 6.45) is 0.189. The zero-order valence-corrected chi connectivity index (χ0v) is 7.51. The molecule has 4 nitrogen and oxygen atoms in total. The molecule has 0 saturated heterocycles. The zero-order valence-electron chi connectivity index (χ0n) is 6.69. The second-order valence-electron chi connectivity index (χ2n) is 2.58. The molecule has 5 N–H and O–H groups in total. The molecule has 0 radical (unpaired) electrons. The first-order valence-electron chi connectivity index (χ1n) is 3.53. The van der Waals surface area contributed by atoms with Crippen molar-refractivity contribution in [3.63, 3.8) is 0 Å². The van der Waals surface area contributed by atoms with E-state index in [2.05, 4.69) is 12.2 Å². The predicted octanol–water partition coefficient (Wildman–Crippen LogP) is 0.632. The van der Waals surface area contributed by atoms with Crippen LogP contribution in [0.5, 0.6) is 17.2 Å². The lowest BCUT2D eigenvalue weighted by atomic mass is 10.1. The number of aromatic hydroxyl groups is 3. The maximum Gasteiger partial charge on any atom is 0.200 e. The molecule has 13 heavy (non-hydrogen) atoms. The van der Waals surface area contributed by atoms with Crippen LogP contribution in [0.4, 0.5) is 0 Å². The number of phenolic OH excluding ortho intramolecular Hbond substituents is 3. The van der Waals surface area contributed by atoms with Crippen molar-refractivity contribution in [2.75, 3.05) is 0 Å². The van der Waals surface area contributed by atoms with E-state index in [4.69, 9.17) is 15.9 Å². The van der Waals surface area contributed by atoms with E-state index in [1.165, 1.54) is 12.1 Å². The van der Waals surface area contributed by atoms with Crippen molar-refractivity contribution in [3.05, 3.63) is 17.7 Å². The third kappa shape index (κ3) is 2.00. The van der Waals surface area contributed by atoms with Crippen molar-refractivity contribution in [3.8, 4) is 17.2 Å². The Morgan fingerprint density at radius 1 is 1.23 bits per heavy atom. The fraction of sp³-hybridized carbons (Fsp3) is 0.125. The molecule has 0 aromatic heterocycles. The van der Waals surface area contributed by atoms with Gasteiger partial charge < -0.3 is 21.1 Å². The number of thiocarbonyl (C=S) groups is 1. The summed E-state index contributed by atoms with van der Waals surface area (Å²) >= 11 is 4.64. The van der Waals surface area contributed by atoms with Crippen LogP contribution in [0.1, 0.15) is 5.56 Å². The highest BCUT2D eigenvalue weighted by Gasteiger charge is 2.10. The number of hydrogen-bond acceptors (Lipinski definition) is 4. The Balaban J connectivity index is 3.10.